The van der Waals surface area contributed by atoms with Crippen LogP contribution in [-0.4, -0.2) is 6.04 Å². The first-order valence-corrected chi connectivity index (χ1v) is 7.52. The molecule has 92 valence electrons. The smallest absolute Gasteiger partial charge is 0.0208 e. The van der Waals surface area contributed by atoms with Crippen molar-refractivity contribution in [1.82, 2.24) is 5.32 Å². The molecule has 17 heavy (non-hydrogen) atoms. The number of aryl methyl sites for hydroxylation is 1. The van der Waals surface area contributed by atoms with Crippen molar-refractivity contribution in [1.29, 1.82) is 0 Å². The van der Waals surface area contributed by atoms with E-state index in [4.69, 9.17) is 0 Å². The van der Waals surface area contributed by atoms with E-state index in [1.165, 1.54) is 41.3 Å². The third-order valence-electron chi connectivity index (χ3n) is 4.04. The zero-order chi connectivity index (χ0) is 11.8. The highest BCUT2D eigenvalue weighted by Gasteiger charge is 2.40. The number of hydrogen-bond acceptors (Lipinski definition) is 1. The van der Waals surface area contributed by atoms with E-state index in [0.717, 1.165) is 24.4 Å². The van der Waals surface area contributed by atoms with Gasteiger partial charge in [-0.1, -0.05) is 28.1 Å². The van der Waals surface area contributed by atoms with Gasteiger partial charge in [0.15, 0.2) is 0 Å². The van der Waals surface area contributed by atoms with Gasteiger partial charge in [-0.15, -0.1) is 0 Å². The van der Waals surface area contributed by atoms with Gasteiger partial charge in [0, 0.05) is 17.1 Å². The molecule has 0 aliphatic heterocycles. The third kappa shape index (κ3) is 2.92. The molecule has 1 N–H and O–H groups in total. The Hall–Kier alpha value is -0.340. The minimum atomic E-state index is 0.801. The van der Waals surface area contributed by atoms with Crippen LogP contribution in [0, 0.1) is 18.8 Å². The summed E-state index contributed by atoms with van der Waals surface area (Å²) in [6.45, 7) is 3.16. The Bertz CT molecular complexity index is 395. The minimum Gasteiger partial charge on any atom is -0.309 e. The van der Waals surface area contributed by atoms with Gasteiger partial charge in [-0.05, 0) is 61.6 Å². The van der Waals surface area contributed by atoms with Crippen LogP contribution in [0.15, 0.2) is 22.7 Å². The van der Waals surface area contributed by atoms with Crippen molar-refractivity contribution in [3.8, 4) is 0 Å². The van der Waals surface area contributed by atoms with Crippen molar-refractivity contribution >= 4 is 15.9 Å². The molecular weight excluding hydrogens is 274 g/mol. The van der Waals surface area contributed by atoms with E-state index >= 15 is 0 Å². The van der Waals surface area contributed by atoms with Gasteiger partial charge in [-0.25, -0.2) is 0 Å². The maximum atomic E-state index is 3.79. The Morgan fingerprint density at radius 2 is 1.88 bits per heavy atom. The summed E-state index contributed by atoms with van der Waals surface area (Å²) in [7, 11) is 0. The van der Waals surface area contributed by atoms with E-state index in [0.29, 0.717) is 0 Å². The van der Waals surface area contributed by atoms with E-state index in [1.54, 1.807) is 0 Å². The van der Waals surface area contributed by atoms with Gasteiger partial charge < -0.3 is 5.32 Å². The van der Waals surface area contributed by atoms with Gasteiger partial charge in [0.2, 0.25) is 0 Å². The van der Waals surface area contributed by atoms with Crippen LogP contribution in [0.2, 0.25) is 0 Å². The van der Waals surface area contributed by atoms with Crippen LogP contribution in [0.25, 0.3) is 0 Å². The number of rotatable bonds is 5. The van der Waals surface area contributed by atoms with Crippen molar-refractivity contribution in [2.45, 2.75) is 45.2 Å². The lowest BCUT2D eigenvalue weighted by molar-refractivity contribution is 0.416. The highest BCUT2D eigenvalue weighted by atomic mass is 79.9. The lowest BCUT2D eigenvalue weighted by Gasteiger charge is -2.17. The Labute approximate surface area is 112 Å². The zero-order valence-corrected chi connectivity index (χ0v) is 12.0. The monoisotopic (exact) mass is 293 g/mol. The van der Waals surface area contributed by atoms with Crippen molar-refractivity contribution in [2.75, 3.05) is 0 Å². The molecule has 3 rings (SSSR count). The molecule has 1 aromatic carbocycles. The second kappa shape index (κ2) is 4.74. The molecule has 2 heteroatoms. The fourth-order valence-electron chi connectivity index (χ4n) is 2.61. The normalized spacial score (nSPS) is 19.9. The molecule has 0 heterocycles. The summed E-state index contributed by atoms with van der Waals surface area (Å²) in [5, 5.41) is 3.79. The van der Waals surface area contributed by atoms with Gasteiger partial charge >= 0.3 is 0 Å². The van der Waals surface area contributed by atoms with Crippen LogP contribution in [-0.2, 0) is 6.54 Å². The number of halogens is 1. The maximum absolute atomic E-state index is 3.79. The molecule has 1 nitrogen and oxygen atoms in total. The molecule has 0 bridgehead atoms. The summed E-state index contributed by atoms with van der Waals surface area (Å²) in [4.78, 5) is 0. The summed E-state index contributed by atoms with van der Waals surface area (Å²) in [5.74, 6) is 1.97. The van der Waals surface area contributed by atoms with Crippen LogP contribution >= 0.6 is 15.9 Å². The summed E-state index contributed by atoms with van der Waals surface area (Å²) in [6.07, 6.45) is 5.80. The molecule has 2 saturated carbocycles. The molecule has 0 saturated heterocycles. The molecule has 0 atom stereocenters. The molecular formula is C15H20BrN. The molecule has 0 radical (unpaired) electrons. The fraction of sp³-hybridized carbons (Fsp3) is 0.600. The Morgan fingerprint density at radius 1 is 1.24 bits per heavy atom. The van der Waals surface area contributed by atoms with Crippen molar-refractivity contribution in [2.24, 2.45) is 11.8 Å². The maximum Gasteiger partial charge on any atom is 0.0208 e. The largest absolute Gasteiger partial charge is 0.309 e. The Morgan fingerprint density at radius 3 is 2.41 bits per heavy atom. The summed E-state index contributed by atoms with van der Waals surface area (Å²) < 4.78 is 1.23. The molecule has 0 amide bonds. The van der Waals surface area contributed by atoms with Gasteiger partial charge in [0.25, 0.3) is 0 Å². The summed E-state index contributed by atoms with van der Waals surface area (Å²) >= 11 is 3.61. The molecule has 2 aliphatic rings. The average molecular weight is 294 g/mol. The first-order valence-electron chi connectivity index (χ1n) is 6.72. The molecule has 0 aromatic heterocycles. The fourth-order valence-corrected chi connectivity index (χ4v) is 3.04. The topological polar surface area (TPSA) is 12.0 Å². The highest BCUT2D eigenvalue weighted by molar-refractivity contribution is 9.10. The van der Waals surface area contributed by atoms with Gasteiger partial charge in [-0.3, -0.25) is 0 Å². The second-order valence-corrected chi connectivity index (χ2v) is 6.52. The predicted molar refractivity (Wildman–Crippen MR) is 75.0 cm³/mol. The molecule has 1 aromatic rings. The standard InChI is InChI=1S/C15H20BrN/c1-10-2-3-11(8-14(10)16)9-17-15(12-4-5-12)13-6-7-13/h2-3,8,12-13,15,17H,4-7,9H2,1H3. The number of nitrogens with one attached hydrogen (secondary N) is 1. The molecule has 2 fully saturated rings. The van der Waals surface area contributed by atoms with Gasteiger partial charge in [-0.2, -0.15) is 0 Å². The number of hydrogen-bond donors (Lipinski definition) is 1. The third-order valence-corrected chi connectivity index (χ3v) is 4.89. The van der Waals surface area contributed by atoms with Crippen LogP contribution in [0.1, 0.15) is 36.8 Å². The first-order chi connectivity index (χ1) is 8.24. The Kier molecular flexibility index (Phi) is 3.27. The zero-order valence-electron chi connectivity index (χ0n) is 10.4. The quantitative estimate of drug-likeness (QED) is 0.864. The molecule has 2 aliphatic carbocycles. The van der Waals surface area contributed by atoms with Gasteiger partial charge in [0.05, 0.1) is 0 Å². The van der Waals surface area contributed by atoms with Crippen LogP contribution in [0.5, 0.6) is 0 Å². The van der Waals surface area contributed by atoms with Crippen molar-refractivity contribution in [3.05, 3.63) is 33.8 Å². The van der Waals surface area contributed by atoms with E-state index in [1.807, 2.05) is 0 Å². The first kappa shape index (κ1) is 11.7. The number of benzene rings is 1. The predicted octanol–water partition coefficient (Wildman–Crippen LogP) is 4.04. The SMILES string of the molecule is Cc1ccc(CNC(C2CC2)C2CC2)cc1Br. The van der Waals surface area contributed by atoms with E-state index in [2.05, 4.69) is 46.4 Å². The van der Waals surface area contributed by atoms with Gasteiger partial charge in [0.1, 0.15) is 0 Å². The van der Waals surface area contributed by atoms with Crippen LogP contribution < -0.4 is 5.32 Å². The van der Waals surface area contributed by atoms with E-state index in [9.17, 15) is 0 Å². The minimum absolute atomic E-state index is 0.801. The average Bonchev–Trinajstić information content (AvgIpc) is 3.14. The highest BCUT2D eigenvalue weighted by Crippen LogP contribution is 2.44. The summed E-state index contributed by atoms with van der Waals surface area (Å²) in [6, 6.07) is 7.49. The van der Waals surface area contributed by atoms with E-state index < -0.39 is 0 Å². The van der Waals surface area contributed by atoms with Crippen LogP contribution in [0.3, 0.4) is 0 Å². The second-order valence-electron chi connectivity index (χ2n) is 5.67. The van der Waals surface area contributed by atoms with Crippen molar-refractivity contribution < 1.29 is 0 Å². The lowest BCUT2D eigenvalue weighted by Crippen LogP contribution is -2.32. The van der Waals surface area contributed by atoms with Crippen molar-refractivity contribution in [3.63, 3.8) is 0 Å². The summed E-state index contributed by atoms with van der Waals surface area (Å²) in [5.41, 5.74) is 2.71. The van der Waals surface area contributed by atoms with E-state index in [-0.39, 0.29) is 0 Å². The lowest BCUT2D eigenvalue weighted by atomic mass is 10.1. The molecule has 0 spiro atoms. The Balaban J connectivity index is 1.60. The molecule has 0 unspecified atom stereocenters. The van der Waals surface area contributed by atoms with Crippen LogP contribution in [0.4, 0.5) is 0 Å².